The number of aromatic hydroxyl groups is 1. The summed E-state index contributed by atoms with van der Waals surface area (Å²) in [5.74, 6) is -0.474. The number of carbonyl (C=O) groups is 1. The van der Waals surface area contributed by atoms with E-state index in [4.69, 9.17) is 16.8 Å². The maximum atomic E-state index is 12.0. The van der Waals surface area contributed by atoms with Gasteiger partial charge in [0, 0.05) is 16.8 Å². The highest BCUT2D eigenvalue weighted by Gasteiger charge is 2.12. The largest absolute Gasteiger partial charge is 0.508 e. The highest BCUT2D eigenvalue weighted by Crippen LogP contribution is 2.22. The third-order valence-corrected chi connectivity index (χ3v) is 2.72. The van der Waals surface area contributed by atoms with Gasteiger partial charge in [0.2, 0.25) is 0 Å². The number of hydrogen-bond acceptors (Lipinski definition) is 4. The van der Waals surface area contributed by atoms with E-state index in [0.29, 0.717) is 10.7 Å². The van der Waals surface area contributed by atoms with Crippen LogP contribution >= 0.6 is 11.6 Å². The van der Waals surface area contributed by atoms with E-state index in [1.165, 1.54) is 18.2 Å². The topological polar surface area (TPSA) is 81.6 Å². The number of anilines is 2. The highest BCUT2D eigenvalue weighted by molar-refractivity contribution is 6.30. The molecule has 5 nitrogen and oxygen atoms in total. The molecule has 6 heteroatoms. The van der Waals surface area contributed by atoms with Crippen molar-refractivity contribution >= 4 is 28.9 Å². The average Bonchev–Trinajstić information content (AvgIpc) is 2.41. The first-order valence-electron chi connectivity index (χ1n) is 5.40. The minimum Gasteiger partial charge on any atom is -0.508 e. The van der Waals surface area contributed by atoms with Gasteiger partial charge in [-0.2, -0.15) is 0 Å². The molecule has 0 spiro atoms. The molecule has 0 atom stereocenters. The van der Waals surface area contributed by atoms with Gasteiger partial charge in [-0.3, -0.25) is 15.5 Å². The van der Waals surface area contributed by atoms with Crippen molar-refractivity contribution in [3.05, 3.63) is 53.1 Å². The van der Waals surface area contributed by atoms with Crippen molar-refractivity contribution < 1.29 is 15.1 Å². The molecule has 0 aliphatic heterocycles. The molecule has 0 aliphatic rings. The van der Waals surface area contributed by atoms with Crippen LogP contribution in [0.1, 0.15) is 10.4 Å². The second-order valence-electron chi connectivity index (χ2n) is 3.80. The Bertz CT molecular complexity index is 599. The van der Waals surface area contributed by atoms with Crippen LogP contribution < -0.4 is 10.8 Å². The van der Waals surface area contributed by atoms with Crippen LogP contribution in [0, 0.1) is 0 Å². The molecular weight excluding hydrogens is 268 g/mol. The molecule has 98 valence electrons. The van der Waals surface area contributed by atoms with Crippen LogP contribution in [0.4, 0.5) is 11.4 Å². The van der Waals surface area contributed by atoms with Gasteiger partial charge in [-0.1, -0.05) is 11.6 Å². The third kappa shape index (κ3) is 3.15. The summed E-state index contributed by atoms with van der Waals surface area (Å²) < 4.78 is 0. The lowest BCUT2D eigenvalue weighted by molar-refractivity contribution is 0.102. The van der Waals surface area contributed by atoms with Crippen molar-refractivity contribution in [3.63, 3.8) is 0 Å². The summed E-state index contributed by atoms with van der Waals surface area (Å²) in [5, 5.41) is 21.4. The van der Waals surface area contributed by atoms with Crippen LogP contribution in [0.3, 0.4) is 0 Å². The van der Waals surface area contributed by atoms with Gasteiger partial charge in [0.05, 0.1) is 11.3 Å². The van der Waals surface area contributed by atoms with E-state index in [1.54, 1.807) is 24.3 Å². The fraction of sp³-hybridized carbons (Fsp3) is 0. The summed E-state index contributed by atoms with van der Waals surface area (Å²) in [6.07, 6.45) is 0. The Labute approximate surface area is 114 Å². The summed E-state index contributed by atoms with van der Waals surface area (Å²) in [7, 11) is 0. The first-order valence-corrected chi connectivity index (χ1v) is 5.78. The van der Waals surface area contributed by atoms with Gasteiger partial charge in [0.15, 0.2) is 0 Å². The maximum Gasteiger partial charge on any atom is 0.257 e. The van der Waals surface area contributed by atoms with Crippen LogP contribution in [0.2, 0.25) is 5.02 Å². The molecule has 2 rings (SSSR count). The Hall–Kier alpha value is -2.24. The van der Waals surface area contributed by atoms with Crippen LogP contribution in [0.15, 0.2) is 42.5 Å². The number of phenols is 1. The Morgan fingerprint density at radius 1 is 1.11 bits per heavy atom. The van der Waals surface area contributed by atoms with Crippen molar-refractivity contribution in [2.45, 2.75) is 0 Å². The number of carbonyl (C=O) groups excluding carboxylic acids is 1. The van der Waals surface area contributed by atoms with E-state index in [2.05, 4.69) is 5.32 Å². The van der Waals surface area contributed by atoms with E-state index >= 15 is 0 Å². The smallest absolute Gasteiger partial charge is 0.257 e. The summed E-state index contributed by atoms with van der Waals surface area (Å²) in [5.41, 5.74) is 2.77. The number of halogens is 1. The SMILES string of the molecule is O=C(Nc1ccc(Cl)cc1)c1ccc(O)cc1NO. The molecule has 4 N–H and O–H groups in total. The molecule has 19 heavy (non-hydrogen) atoms. The summed E-state index contributed by atoms with van der Waals surface area (Å²) in [6.45, 7) is 0. The highest BCUT2D eigenvalue weighted by atomic mass is 35.5. The molecule has 0 saturated carbocycles. The van der Waals surface area contributed by atoms with Gasteiger partial charge in [-0.25, -0.2) is 0 Å². The minimum atomic E-state index is -0.418. The van der Waals surface area contributed by atoms with Crippen LogP contribution in [0.5, 0.6) is 5.75 Å². The van der Waals surface area contributed by atoms with Crippen LogP contribution in [-0.2, 0) is 0 Å². The second-order valence-corrected chi connectivity index (χ2v) is 4.24. The third-order valence-electron chi connectivity index (χ3n) is 2.47. The summed E-state index contributed by atoms with van der Waals surface area (Å²) >= 11 is 5.75. The van der Waals surface area contributed by atoms with Gasteiger partial charge >= 0.3 is 0 Å². The fourth-order valence-electron chi connectivity index (χ4n) is 1.55. The van der Waals surface area contributed by atoms with Gasteiger partial charge in [0.25, 0.3) is 5.91 Å². The molecule has 0 aliphatic carbocycles. The predicted octanol–water partition coefficient (Wildman–Crippen LogP) is 3.10. The number of phenolic OH excluding ortho intramolecular Hbond substituents is 1. The van der Waals surface area contributed by atoms with Gasteiger partial charge in [-0.15, -0.1) is 0 Å². The molecule has 1 amide bonds. The molecule has 2 aromatic rings. The number of benzene rings is 2. The van der Waals surface area contributed by atoms with Crippen LogP contribution in [0.25, 0.3) is 0 Å². The standard InChI is InChI=1S/C13H11ClN2O3/c14-8-1-3-9(4-2-8)15-13(18)11-6-5-10(17)7-12(11)16-19/h1-7,16-17,19H,(H,15,18). The quantitative estimate of drug-likeness (QED) is 0.650. The molecule has 0 heterocycles. The molecule has 0 bridgehead atoms. The second kappa shape index (κ2) is 5.60. The fourth-order valence-corrected chi connectivity index (χ4v) is 1.68. The number of hydrogen-bond donors (Lipinski definition) is 4. The Balaban J connectivity index is 2.22. The molecular formula is C13H11ClN2O3. The van der Waals surface area contributed by atoms with Gasteiger partial charge in [-0.05, 0) is 36.4 Å². The van der Waals surface area contributed by atoms with E-state index in [9.17, 15) is 9.90 Å². The molecule has 2 aromatic carbocycles. The maximum absolute atomic E-state index is 12.0. The average molecular weight is 279 g/mol. The zero-order chi connectivity index (χ0) is 13.8. The van der Waals surface area contributed by atoms with E-state index < -0.39 is 5.91 Å². The number of nitrogens with one attached hydrogen (secondary N) is 2. The molecule has 0 fully saturated rings. The molecule has 0 unspecified atom stereocenters. The van der Waals surface area contributed by atoms with Gasteiger partial charge in [0.1, 0.15) is 5.75 Å². The zero-order valence-corrected chi connectivity index (χ0v) is 10.5. The van der Waals surface area contributed by atoms with Crippen molar-refractivity contribution in [2.75, 3.05) is 10.8 Å². The number of amides is 1. The van der Waals surface area contributed by atoms with Gasteiger partial charge < -0.3 is 10.4 Å². The van der Waals surface area contributed by atoms with Crippen molar-refractivity contribution in [1.82, 2.24) is 0 Å². The summed E-state index contributed by atoms with van der Waals surface area (Å²) in [4.78, 5) is 12.0. The lowest BCUT2D eigenvalue weighted by Crippen LogP contribution is -2.13. The Morgan fingerprint density at radius 2 is 1.79 bits per heavy atom. The van der Waals surface area contributed by atoms with Crippen molar-refractivity contribution in [1.29, 1.82) is 0 Å². The molecule has 0 radical (unpaired) electrons. The Morgan fingerprint density at radius 3 is 2.42 bits per heavy atom. The Kier molecular flexibility index (Phi) is 3.89. The predicted molar refractivity (Wildman–Crippen MR) is 72.9 cm³/mol. The zero-order valence-electron chi connectivity index (χ0n) is 9.72. The first-order chi connectivity index (χ1) is 9.10. The van der Waals surface area contributed by atoms with Crippen molar-refractivity contribution in [3.8, 4) is 5.75 Å². The molecule has 0 aromatic heterocycles. The van der Waals surface area contributed by atoms with E-state index in [1.807, 2.05) is 5.48 Å². The minimum absolute atomic E-state index is 0.0559. The van der Waals surface area contributed by atoms with E-state index in [0.717, 1.165) is 0 Å². The van der Waals surface area contributed by atoms with E-state index in [-0.39, 0.29) is 17.0 Å². The first kappa shape index (κ1) is 13.2. The van der Waals surface area contributed by atoms with Crippen molar-refractivity contribution in [2.24, 2.45) is 0 Å². The van der Waals surface area contributed by atoms with Crippen LogP contribution in [-0.4, -0.2) is 16.2 Å². The lowest BCUT2D eigenvalue weighted by Gasteiger charge is -2.09. The number of rotatable bonds is 3. The molecule has 0 saturated heterocycles. The normalized spacial score (nSPS) is 10.0. The lowest BCUT2D eigenvalue weighted by atomic mass is 10.1. The monoisotopic (exact) mass is 278 g/mol. The summed E-state index contributed by atoms with van der Waals surface area (Å²) in [6, 6.07) is 10.6.